The number of fused-ring (bicyclic) bond motifs is 1. The number of aliphatic hydroxyl groups is 1. The zero-order valence-corrected chi connectivity index (χ0v) is 19.8. The van der Waals surface area contributed by atoms with Crippen LogP contribution in [0, 0.1) is 17.8 Å². The Balaban J connectivity index is 2.05. The fourth-order valence-electron chi connectivity index (χ4n) is 6.56. The minimum absolute atomic E-state index is 0.0296. The monoisotopic (exact) mass is 442 g/mol. The van der Waals surface area contributed by atoms with Crippen molar-refractivity contribution < 1.29 is 14.6 Å². The highest BCUT2D eigenvalue weighted by Gasteiger charge is 2.61. The SMILES string of the molecule is CC1(C)O[C@@](C)(C2CC[C@@](C)(N=C=S)[C@H]3CC[C@@](C)(O)[C@H](NC=O)[C@H]23)CC[C@@H]1Cl. The standard InChI is InChI=1S/C22H35ClN2O3S/c1-19(2)16(23)8-11-22(5,28-19)15-6-9-20(3,25-13-29)14-7-10-21(4,27)18(17(14)15)24-12-26/h12,14-18,27H,6-11H2,1-5H3,(H,24,26)/t14-,15?,16-,17-,18+,20+,21+,22+/m0/s1. The number of nitrogens with one attached hydrogen (secondary N) is 1. The van der Waals surface area contributed by atoms with Crippen LogP contribution in [0.2, 0.25) is 0 Å². The number of rotatable bonds is 4. The van der Waals surface area contributed by atoms with Gasteiger partial charge in [0.2, 0.25) is 6.41 Å². The van der Waals surface area contributed by atoms with Gasteiger partial charge >= 0.3 is 0 Å². The number of nitrogens with zero attached hydrogens (tertiary/aromatic N) is 1. The minimum atomic E-state index is -0.977. The van der Waals surface area contributed by atoms with E-state index in [-0.39, 0.29) is 40.3 Å². The second kappa shape index (κ2) is 7.87. The molecule has 2 N–H and O–H groups in total. The Bertz CT molecular complexity index is 696. The van der Waals surface area contributed by atoms with Gasteiger partial charge in [0.15, 0.2) is 0 Å². The normalized spacial score (nSPS) is 49.4. The van der Waals surface area contributed by atoms with E-state index in [1.165, 1.54) is 0 Å². The van der Waals surface area contributed by atoms with Crippen molar-refractivity contribution in [2.24, 2.45) is 22.7 Å². The first-order valence-electron chi connectivity index (χ1n) is 10.8. The summed E-state index contributed by atoms with van der Waals surface area (Å²) in [6, 6.07) is -0.360. The highest BCUT2D eigenvalue weighted by Crippen LogP contribution is 2.57. The molecule has 8 atom stereocenters. The lowest BCUT2D eigenvalue weighted by molar-refractivity contribution is -0.222. The second-order valence-electron chi connectivity index (χ2n) is 10.6. The Hall–Kier alpha value is -0.520. The van der Waals surface area contributed by atoms with Crippen LogP contribution in [0.15, 0.2) is 4.99 Å². The molecule has 3 rings (SSSR count). The number of alkyl halides is 1. The highest BCUT2D eigenvalue weighted by molar-refractivity contribution is 7.78. The lowest BCUT2D eigenvalue weighted by Crippen LogP contribution is -2.68. The Morgan fingerprint density at radius 3 is 2.38 bits per heavy atom. The van der Waals surface area contributed by atoms with Crippen LogP contribution in [-0.2, 0) is 9.53 Å². The number of thiocarbonyl (C=S) groups is 1. The molecule has 0 aromatic heterocycles. The number of carbonyl (C=O) groups is 1. The number of halogens is 1. The molecule has 2 saturated carbocycles. The van der Waals surface area contributed by atoms with E-state index in [1.54, 1.807) is 0 Å². The van der Waals surface area contributed by atoms with Gasteiger partial charge in [-0.3, -0.25) is 4.79 Å². The molecule has 3 aliphatic rings. The molecular weight excluding hydrogens is 408 g/mol. The van der Waals surface area contributed by atoms with Crippen molar-refractivity contribution in [3.05, 3.63) is 0 Å². The molecule has 0 spiro atoms. The van der Waals surface area contributed by atoms with Crippen molar-refractivity contribution >= 4 is 35.4 Å². The summed E-state index contributed by atoms with van der Waals surface area (Å²) in [6.07, 6.45) is 5.70. The Morgan fingerprint density at radius 2 is 1.79 bits per heavy atom. The summed E-state index contributed by atoms with van der Waals surface area (Å²) in [5, 5.41) is 16.7. The maximum atomic E-state index is 11.5. The molecule has 1 amide bonds. The van der Waals surface area contributed by atoms with Gasteiger partial charge in [0.25, 0.3) is 0 Å². The van der Waals surface area contributed by atoms with Gasteiger partial charge in [0, 0.05) is 0 Å². The summed E-state index contributed by atoms with van der Waals surface area (Å²) >= 11 is 11.5. The highest BCUT2D eigenvalue weighted by atomic mass is 35.5. The number of isothiocyanates is 1. The molecule has 1 unspecified atom stereocenters. The van der Waals surface area contributed by atoms with E-state index in [0.717, 1.165) is 38.5 Å². The summed E-state index contributed by atoms with van der Waals surface area (Å²) in [5.41, 5.74) is -2.12. The molecule has 3 fully saturated rings. The maximum Gasteiger partial charge on any atom is 0.207 e. The maximum absolute atomic E-state index is 11.5. The third-order valence-electron chi connectivity index (χ3n) is 8.18. The van der Waals surface area contributed by atoms with Gasteiger partial charge in [-0.25, -0.2) is 4.99 Å². The van der Waals surface area contributed by atoms with Crippen LogP contribution in [0.4, 0.5) is 0 Å². The van der Waals surface area contributed by atoms with Gasteiger partial charge in [-0.1, -0.05) is 0 Å². The Morgan fingerprint density at radius 1 is 1.14 bits per heavy atom. The van der Waals surface area contributed by atoms with Gasteiger partial charge < -0.3 is 15.2 Å². The fraction of sp³-hybridized carbons (Fsp3) is 0.909. The molecule has 1 heterocycles. The zero-order chi connectivity index (χ0) is 21.7. The van der Waals surface area contributed by atoms with Crippen molar-refractivity contribution in [1.29, 1.82) is 0 Å². The van der Waals surface area contributed by atoms with Crippen LogP contribution >= 0.6 is 23.8 Å². The van der Waals surface area contributed by atoms with Crippen LogP contribution in [0.5, 0.6) is 0 Å². The molecule has 7 heteroatoms. The zero-order valence-electron chi connectivity index (χ0n) is 18.2. The predicted molar refractivity (Wildman–Crippen MR) is 118 cm³/mol. The van der Waals surface area contributed by atoms with E-state index in [4.69, 9.17) is 28.6 Å². The van der Waals surface area contributed by atoms with Crippen LogP contribution in [-0.4, -0.2) is 50.4 Å². The van der Waals surface area contributed by atoms with Gasteiger partial charge in [0.05, 0.1) is 38.9 Å². The number of hydrogen-bond acceptors (Lipinski definition) is 5. The molecule has 164 valence electrons. The largest absolute Gasteiger partial charge is 0.388 e. The average Bonchev–Trinajstić information content (AvgIpc) is 2.61. The number of ether oxygens (including phenoxy) is 1. The first kappa shape index (κ1) is 23.1. The van der Waals surface area contributed by atoms with Crippen LogP contribution in [0.1, 0.15) is 73.1 Å². The topological polar surface area (TPSA) is 70.9 Å². The predicted octanol–water partition coefficient (Wildman–Crippen LogP) is 4.10. The number of hydrogen-bond donors (Lipinski definition) is 2. The van der Waals surface area contributed by atoms with Crippen LogP contribution in [0.3, 0.4) is 0 Å². The minimum Gasteiger partial charge on any atom is -0.388 e. The summed E-state index contributed by atoms with van der Waals surface area (Å²) in [4.78, 5) is 16.1. The van der Waals surface area contributed by atoms with Crippen molar-refractivity contribution in [1.82, 2.24) is 5.32 Å². The smallest absolute Gasteiger partial charge is 0.207 e. The van der Waals surface area contributed by atoms with Gasteiger partial charge in [-0.05, 0) is 103 Å². The first-order chi connectivity index (χ1) is 13.4. The summed E-state index contributed by atoms with van der Waals surface area (Å²) in [7, 11) is 0. The molecule has 1 aliphatic heterocycles. The van der Waals surface area contributed by atoms with E-state index in [0.29, 0.717) is 6.42 Å². The lowest BCUT2D eigenvalue weighted by atomic mass is 9.51. The molecule has 0 aromatic carbocycles. The van der Waals surface area contributed by atoms with E-state index in [1.807, 2.05) is 6.92 Å². The molecule has 2 aliphatic carbocycles. The quantitative estimate of drug-likeness (QED) is 0.297. The van der Waals surface area contributed by atoms with Crippen molar-refractivity contribution in [3.63, 3.8) is 0 Å². The van der Waals surface area contributed by atoms with Crippen molar-refractivity contribution in [2.75, 3.05) is 0 Å². The number of carbonyl (C=O) groups excluding carboxylic acids is 1. The van der Waals surface area contributed by atoms with Gasteiger partial charge in [-0.15, -0.1) is 11.6 Å². The third-order valence-corrected chi connectivity index (χ3v) is 9.02. The Labute approximate surface area is 185 Å². The summed E-state index contributed by atoms with van der Waals surface area (Å²) < 4.78 is 6.69. The molecule has 0 bridgehead atoms. The van der Waals surface area contributed by atoms with Crippen LogP contribution in [0.25, 0.3) is 0 Å². The van der Waals surface area contributed by atoms with Gasteiger partial charge in [-0.2, -0.15) is 0 Å². The Kier molecular flexibility index (Phi) is 6.28. The molecule has 5 nitrogen and oxygen atoms in total. The number of amides is 1. The summed E-state index contributed by atoms with van der Waals surface area (Å²) in [6.45, 7) is 10.3. The molecule has 0 aromatic rings. The second-order valence-corrected chi connectivity index (χ2v) is 11.3. The lowest BCUT2D eigenvalue weighted by Gasteiger charge is -2.61. The van der Waals surface area contributed by atoms with E-state index in [9.17, 15) is 9.90 Å². The summed E-state index contributed by atoms with van der Waals surface area (Å²) in [5.74, 6) is 0.391. The third kappa shape index (κ3) is 4.04. The average molecular weight is 443 g/mol. The van der Waals surface area contributed by atoms with Crippen LogP contribution < -0.4 is 5.32 Å². The number of aliphatic imine (C=N–C) groups is 1. The fourth-order valence-corrected chi connectivity index (χ4v) is 6.93. The van der Waals surface area contributed by atoms with Crippen molar-refractivity contribution in [2.45, 2.75) is 107 Å². The molecule has 0 radical (unpaired) electrons. The molecule has 29 heavy (non-hydrogen) atoms. The molecule has 1 saturated heterocycles. The van der Waals surface area contributed by atoms with E-state index < -0.39 is 11.2 Å². The van der Waals surface area contributed by atoms with Gasteiger partial charge in [0.1, 0.15) is 0 Å². The van der Waals surface area contributed by atoms with E-state index >= 15 is 0 Å². The van der Waals surface area contributed by atoms with Crippen molar-refractivity contribution in [3.8, 4) is 0 Å². The first-order valence-corrected chi connectivity index (χ1v) is 11.6. The molecular formula is C22H35ClN2O3S. The van der Waals surface area contributed by atoms with E-state index in [2.05, 4.69) is 43.2 Å².